The minimum atomic E-state index is -1.00. The molecule has 0 spiro atoms. The number of aliphatic hydroxyl groups excluding tert-OH is 1. The van der Waals surface area contributed by atoms with E-state index in [0.717, 1.165) is 30.5 Å². The van der Waals surface area contributed by atoms with Crippen molar-refractivity contribution in [3.8, 4) is 0 Å². The summed E-state index contributed by atoms with van der Waals surface area (Å²) in [7, 11) is 0. The number of pyridine rings is 2. The second kappa shape index (κ2) is 9.65. The van der Waals surface area contributed by atoms with Crippen molar-refractivity contribution in [1.29, 1.82) is 0 Å². The molecule has 2 heterocycles. The number of halogens is 2. The maximum absolute atomic E-state index is 13.8. The lowest BCUT2D eigenvalue weighted by Crippen LogP contribution is -2.28. The van der Waals surface area contributed by atoms with Crippen molar-refractivity contribution in [1.82, 2.24) is 9.71 Å². The molecule has 0 bridgehead atoms. The van der Waals surface area contributed by atoms with Gasteiger partial charge in [-0.1, -0.05) is 12.5 Å². The Morgan fingerprint density at radius 1 is 1.13 bits per heavy atom. The van der Waals surface area contributed by atoms with Crippen molar-refractivity contribution in [3.63, 3.8) is 0 Å². The van der Waals surface area contributed by atoms with Gasteiger partial charge in [0.25, 0.3) is 5.56 Å². The second-order valence-corrected chi connectivity index (χ2v) is 7.31. The smallest absolute Gasteiger partial charge is 0.297 e. The summed E-state index contributed by atoms with van der Waals surface area (Å²) in [6, 6.07) is 4.71. The fourth-order valence-corrected chi connectivity index (χ4v) is 3.44. The van der Waals surface area contributed by atoms with Gasteiger partial charge >= 0.3 is 0 Å². The molecule has 4 N–H and O–H groups in total. The zero-order valence-corrected chi connectivity index (χ0v) is 16.8. The number of fused-ring (bicyclic) bond motifs is 1. The molecule has 0 fully saturated rings. The highest BCUT2D eigenvalue weighted by Crippen LogP contribution is 2.24. The van der Waals surface area contributed by atoms with Gasteiger partial charge in [0.2, 0.25) is 0 Å². The summed E-state index contributed by atoms with van der Waals surface area (Å²) >= 11 is 0. The van der Waals surface area contributed by atoms with Gasteiger partial charge in [0.05, 0.1) is 5.69 Å². The van der Waals surface area contributed by atoms with Crippen LogP contribution in [0.5, 0.6) is 0 Å². The zero-order chi connectivity index (χ0) is 22.5. The monoisotopic (exact) mass is 431 g/mol. The van der Waals surface area contributed by atoms with E-state index < -0.39 is 28.5 Å². The average molecular weight is 431 g/mol. The molecule has 0 saturated heterocycles. The molecule has 3 aromatic rings. The van der Waals surface area contributed by atoms with Crippen LogP contribution in [0, 0.1) is 11.6 Å². The summed E-state index contributed by atoms with van der Waals surface area (Å²) in [6.45, 7) is 0.118. The zero-order valence-electron chi connectivity index (χ0n) is 16.8. The third-order valence-corrected chi connectivity index (χ3v) is 5.13. The third kappa shape index (κ3) is 4.88. The standard InChI is InChI=1S/C22H23F2N3O4/c23-15-7-5-14(17(24)11-15)6-8-18(29)19-20(25)16-10-13(4-2-1-3-9-28)12-26-21(16)27(31)22(19)30/h5,7,10-12,28,31H,1-4,6,8-9,25H2. The molecule has 0 radical (unpaired) electrons. The Morgan fingerprint density at radius 3 is 2.61 bits per heavy atom. The van der Waals surface area contributed by atoms with E-state index in [0.29, 0.717) is 12.8 Å². The lowest BCUT2D eigenvalue weighted by atomic mass is 10.00. The van der Waals surface area contributed by atoms with Gasteiger partial charge in [-0.25, -0.2) is 13.8 Å². The Morgan fingerprint density at radius 2 is 1.90 bits per heavy atom. The molecule has 0 atom stereocenters. The number of rotatable bonds is 9. The van der Waals surface area contributed by atoms with Crippen LogP contribution in [0.4, 0.5) is 14.5 Å². The van der Waals surface area contributed by atoms with Gasteiger partial charge in [-0.15, -0.1) is 4.73 Å². The van der Waals surface area contributed by atoms with Gasteiger partial charge in [0.15, 0.2) is 11.4 Å². The van der Waals surface area contributed by atoms with Gasteiger partial charge in [-0.05, 0) is 48.9 Å². The number of nitrogen functional groups attached to an aromatic ring is 1. The first kappa shape index (κ1) is 22.4. The van der Waals surface area contributed by atoms with E-state index in [2.05, 4.69) is 4.98 Å². The van der Waals surface area contributed by atoms with Crippen LogP contribution in [0.25, 0.3) is 11.0 Å². The second-order valence-electron chi connectivity index (χ2n) is 7.31. The number of benzene rings is 1. The molecule has 0 aliphatic heterocycles. The summed E-state index contributed by atoms with van der Waals surface area (Å²) in [5.41, 5.74) is 5.49. The maximum atomic E-state index is 13.8. The van der Waals surface area contributed by atoms with E-state index in [-0.39, 0.29) is 46.5 Å². The molecule has 0 saturated carbocycles. The number of hydrogen-bond donors (Lipinski definition) is 3. The molecule has 164 valence electrons. The van der Waals surface area contributed by atoms with Crippen LogP contribution >= 0.6 is 0 Å². The van der Waals surface area contributed by atoms with Gasteiger partial charge in [-0.3, -0.25) is 9.59 Å². The van der Waals surface area contributed by atoms with Crippen molar-refractivity contribution >= 4 is 22.5 Å². The number of anilines is 1. The largest absolute Gasteiger partial charge is 0.423 e. The van der Waals surface area contributed by atoms with Crippen LogP contribution in [0.3, 0.4) is 0 Å². The lowest BCUT2D eigenvalue weighted by molar-refractivity contribution is 0.0976. The molecule has 0 unspecified atom stereocenters. The first-order chi connectivity index (χ1) is 14.8. The Hall–Kier alpha value is -3.33. The van der Waals surface area contributed by atoms with Crippen LogP contribution in [-0.2, 0) is 12.8 Å². The minimum absolute atomic E-state index is 0.0591. The number of carbonyl (C=O) groups excluding carboxylic acids is 1. The number of unbranched alkanes of at least 4 members (excludes halogenated alkanes) is 2. The minimum Gasteiger partial charge on any atom is -0.423 e. The van der Waals surface area contributed by atoms with E-state index in [1.807, 2.05) is 0 Å². The van der Waals surface area contributed by atoms with Crippen molar-refractivity contribution in [2.45, 2.75) is 38.5 Å². The van der Waals surface area contributed by atoms with E-state index in [4.69, 9.17) is 10.8 Å². The number of carbonyl (C=O) groups is 1. The highest BCUT2D eigenvalue weighted by Gasteiger charge is 2.22. The summed E-state index contributed by atoms with van der Waals surface area (Å²) in [6.07, 6.45) is 4.19. The number of aromatic nitrogens is 2. The molecule has 0 amide bonds. The highest BCUT2D eigenvalue weighted by molar-refractivity contribution is 6.06. The molecular formula is C22H23F2N3O4. The number of nitrogens with two attached hydrogens (primary N) is 1. The first-order valence-electron chi connectivity index (χ1n) is 9.93. The van der Waals surface area contributed by atoms with Crippen LogP contribution in [-0.4, -0.2) is 32.4 Å². The first-order valence-corrected chi connectivity index (χ1v) is 9.93. The third-order valence-electron chi connectivity index (χ3n) is 5.13. The van der Waals surface area contributed by atoms with Crippen molar-refractivity contribution in [2.24, 2.45) is 0 Å². The van der Waals surface area contributed by atoms with Crippen LogP contribution in [0.15, 0.2) is 35.3 Å². The van der Waals surface area contributed by atoms with E-state index >= 15 is 0 Å². The van der Waals surface area contributed by atoms with Crippen molar-refractivity contribution in [3.05, 3.63) is 69.1 Å². The maximum Gasteiger partial charge on any atom is 0.297 e. The number of Topliss-reactive ketones (excluding diaryl/α,β-unsaturated/α-hetero) is 1. The number of nitrogens with zero attached hydrogens (tertiary/aromatic N) is 2. The molecule has 7 nitrogen and oxygen atoms in total. The molecular weight excluding hydrogens is 408 g/mol. The van der Waals surface area contributed by atoms with E-state index in [1.54, 1.807) is 6.07 Å². The van der Waals surface area contributed by atoms with Crippen LogP contribution in [0.1, 0.15) is 47.2 Å². The highest BCUT2D eigenvalue weighted by atomic mass is 19.1. The van der Waals surface area contributed by atoms with Gasteiger partial charge < -0.3 is 16.0 Å². The number of aryl methyl sites for hydroxylation is 2. The van der Waals surface area contributed by atoms with Crippen LogP contribution < -0.4 is 11.3 Å². The van der Waals surface area contributed by atoms with E-state index in [1.165, 1.54) is 12.3 Å². The lowest BCUT2D eigenvalue weighted by Gasteiger charge is -2.12. The van der Waals surface area contributed by atoms with Crippen LogP contribution in [0.2, 0.25) is 0 Å². The molecule has 0 aliphatic carbocycles. The topological polar surface area (TPSA) is 118 Å². The Kier molecular flexibility index (Phi) is 6.96. The summed E-state index contributed by atoms with van der Waals surface area (Å²) in [5.74, 6) is -2.17. The number of hydrogen-bond acceptors (Lipinski definition) is 6. The number of aliphatic hydroxyl groups is 1. The Labute approximate surface area is 176 Å². The fraction of sp³-hybridized carbons (Fsp3) is 0.318. The average Bonchev–Trinajstić information content (AvgIpc) is 2.74. The molecule has 9 heteroatoms. The predicted molar refractivity (Wildman–Crippen MR) is 111 cm³/mol. The summed E-state index contributed by atoms with van der Waals surface area (Å²) in [4.78, 5) is 29.3. The molecule has 3 rings (SSSR count). The Bertz CT molecular complexity index is 1180. The summed E-state index contributed by atoms with van der Waals surface area (Å²) < 4.78 is 27.2. The normalized spacial score (nSPS) is 11.2. The Balaban J connectivity index is 1.89. The SMILES string of the molecule is Nc1c(C(=O)CCc2ccc(F)cc2F)c(=O)n(O)c2ncc(CCCCCO)cc12. The van der Waals surface area contributed by atoms with Crippen molar-refractivity contribution in [2.75, 3.05) is 12.3 Å². The number of ketones is 1. The molecule has 31 heavy (non-hydrogen) atoms. The molecule has 2 aromatic heterocycles. The van der Waals surface area contributed by atoms with Gasteiger partial charge in [-0.2, -0.15) is 0 Å². The van der Waals surface area contributed by atoms with Gasteiger partial charge in [0, 0.05) is 30.7 Å². The summed E-state index contributed by atoms with van der Waals surface area (Å²) in [5, 5.41) is 19.3. The molecule has 1 aromatic carbocycles. The van der Waals surface area contributed by atoms with Gasteiger partial charge in [0.1, 0.15) is 17.2 Å². The van der Waals surface area contributed by atoms with Crippen molar-refractivity contribution < 1.29 is 23.9 Å². The van der Waals surface area contributed by atoms with E-state index in [9.17, 15) is 23.6 Å². The predicted octanol–water partition coefficient (Wildman–Crippen LogP) is 3.01. The fourth-order valence-electron chi connectivity index (χ4n) is 3.44. The quantitative estimate of drug-likeness (QED) is 0.272. The molecule has 0 aliphatic rings.